The fourth-order valence-electron chi connectivity index (χ4n) is 2.09. The number of nitrogens with one attached hydrogen (secondary N) is 1. The summed E-state index contributed by atoms with van der Waals surface area (Å²) in [6, 6.07) is 9.58. The smallest absolute Gasteiger partial charge is 0.272 e. The fourth-order valence-corrected chi connectivity index (χ4v) is 2.09. The lowest BCUT2D eigenvalue weighted by molar-refractivity contribution is -0.385. The van der Waals surface area contributed by atoms with E-state index in [0.717, 1.165) is 11.6 Å². The second-order valence-corrected chi connectivity index (χ2v) is 5.13. The number of rotatable bonds is 4. The molecule has 5 heteroatoms. The van der Waals surface area contributed by atoms with Crippen molar-refractivity contribution in [1.29, 1.82) is 0 Å². The minimum Gasteiger partial charge on any atom is -0.376 e. The molecule has 2 aromatic rings. The molecule has 2 rings (SSSR count). The molecule has 0 fully saturated rings. The van der Waals surface area contributed by atoms with Crippen molar-refractivity contribution in [2.45, 2.75) is 26.8 Å². The molecule has 0 aliphatic heterocycles. The number of benzene rings is 2. The Morgan fingerprint density at radius 3 is 2.43 bits per heavy atom. The van der Waals surface area contributed by atoms with Crippen LogP contribution in [0.25, 0.3) is 0 Å². The Kier molecular flexibility index (Phi) is 4.21. The second kappa shape index (κ2) is 5.91. The summed E-state index contributed by atoms with van der Waals surface area (Å²) in [7, 11) is 0. The molecule has 0 saturated heterocycles. The van der Waals surface area contributed by atoms with Gasteiger partial charge in [-0.05, 0) is 43.5 Å². The van der Waals surface area contributed by atoms with E-state index in [4.69, 9.17) is 0 Å². The quantitative estimate of drug-likeness (QED) is 0.664. The van der Waals surface area contributed by atoms with Crippen LogP contribution in [0.15, 0.2) is 36.4 Å². The molecule has 1 unspecified atom stereocenters. The van der Waals surface area contributed by atoms with Crippen LogP contribution < -0.4 is 5.32 Å². The van der Waals surface area contributed by atoms with Crippen molar-refractivity contribution < 1.29 is 9.31 Å². The van der Waals surface area contributed by atoms with Crippen LogP contribution >= 0.6 is 0 Å². The predicted molar refractivity (Wildman–Crippen MR) is 81.0 cm³/mol. The number of aryl methyl sites for hydroxylation is 2. The predicted octanol–water partition coefficient (Wildman–Crippen LogP) is 4.52. The van der Waals surface area contributed by atoms with E-state index in [2.05, 4.69) is 11.4 Å². The van der Waals surface area contributed by atoms with E-state index in [1.54, 1.807) is 0 Å². The highest BCUT2D eigenvalue weighted by atomic mass is 19.1. The number of non-ortho nitro benzene ring substituents is 1. The van der Waals surface area contributed by atoms with Gasteiger partial charge in [-0.3, -0.25) is 10.1 Å². The molecule has 0 spiro atoms. The van der Waals surface area contributed by atoms with Crippen LogP contribution in [0.5, 0.6) is 0 Å². The maximum atomic E-state index is 13.9. The van der Waals surface area contributed by atoms with Gasteiger partial charge in [-0.2, -0.15) is 0 Å². The first kappa shape index (κ1) is 15.0. The van der Waals surface area contributed by atoms with Crippen LogP contribution in [0.1, 0.15) is 29.7 Å². The summed E-state index contributed by atoms with van der Waals surface area (Å²) < 4.78 is 13.9. The SMILES string of the molecule is Cc1ccc(C(C)Nc2ccc([N+](=O)[O-])cc2F)cc1C. The van der Waals surface area contributed by atoms with Crippen LogP contribution in [0.2, 0.25) is 0 Å². The lowest BCUT2D eigenvalue weighted by atomic mass is 10.0. The third-order valence-electron chi connectivity index (χ3n) is 3.57. The molecule has 0 radical (unpaired) electrons. The Morgan fingerprint density at radius 2 is 1.86 bits per heavy atom. The van der Waals surface area contributed by atoms with Crippen LogP contribution in [-0.4, -0.2) is 4.92 Å². The highest BCUT2D eigenvalue weighted by molar-refractivity contribution is 5.51. The molecule has 0 amide bonds. The maximum absolute atomic E-state index is 13.9. The molecule has 0 saturated carbocycles. The highest BCUT2D eigenvalue weighted by Gasteiger charge is 2.13. The number of nitro benzene ring substituents is 1. The van der Waals surface area contributed by atoms with Crippen molar-refractivity contribution in [3.8, 4) is 0 Å². The van der Waals surface area contributed by atoms with Gasteiger partial charge in [-0.15, -0.1) is 0 Å². The largest absolute Gasteiger partial charge is 0.376 e. The molecule has 1 N–H and O–H groups in total. The number of anilines is 1. The topological polar surface area (TPSA) is 55.2 Å². The Balaban J connectivity index is 2.21. The van der Waals surface area contributed by atoms with Gasteiger partial charge >= 0.3 is 0 Å². The van der Waals surface area contributed by atoms with E-state index in [1.165, 1.54) is 23.3 Å². The van der Waals surface area contributed by atoms with E-state index in [9.17, 15) is 14.5 Å². The summed E-state index contributed by atoms with van der Waals surface area (Å²) in [5, 5.41) is 13.6. The molecule has 2 aromatic carbocycles. The van der Waals surface area contributed by atoms with Crippen molar-refractivity contribution in [3.05, 3.63) is 69.0 Å². The summed E-state index contributed by atoms with van der Waals surface area (Å²) in [5.41, 5.74) is 3.41. The summed E-state index contributed by atoms with van der Waals surface area (Å²) in [6.07, 6.45) is 0. The molecule has 0 aliphatic carbocycles. The molecule has 21 heavy (non-hydrogen) atoms. The first-order valence-corrected chi connectivity index (χ1v) is 6.66. The zero-order chi connectivity index (χ0) is 15.6. The maximum Gasteiger partial charge on any atom is 0.272 e. The molecule has 0 bridgehead atoms. The van der Waals surface area contributed by atoms with E-state index >= 15 is 0 Å². The minimum atomic E-state index is -0.625. The van der Waals surface area contributed by atoms with Gasteiger partial charge in [0.2, 0.25) is 0 Å². The molecular formula is C16H17FN2O2. The van der Waals surface area contributed by atoms with E-state index < -0.39 is 10.7 Å². The Morgan fingerprint density at radius 1 is 1.14 bits per heavy atom. The standard InChI is InChI=1S/C16H17FN2O2/c1-10-4-5-13(8-11(10)2)12(3)18-16-7-6-14(19(20)21)9-15(16)17/h4-9,12,18H,1-3H3. The van der Waals surface area contributed by atoms with Crippen molar-refractivity contribution in [1.82, 2.24) is 0 Å². The van der Waals surface area contributed by atoms with Crippen molar-refractivity contribution >= 4 is 11.4 Å². The number of nitrogens with zero attached hydrogens (tertiary/aromatic N) is 1. The minimum absolute atomic E-state index is 0.0970. The van der Waals surface area contributed by atoms with Crippen LogP contribution in [0.3, 0.4) is 0 Å². The average molecular weight is 288 g/mol. The third kappa shape index (κ3) is 3.37. The van der Waals surface area contributed by atoms with Gasteiger partial charge in [0.25, 0.3) is 5.69 Å². The van der Waals surface area contributed by atoms with Gasteiger partial charge in [0, 0.05) is 12.1 Å². The monoisotopic (exact) mass is 288 g/mol. The second-order valence-electron chi connectivity index (χ2n) is 5.13. The summed E-state index contributed by atoms with van der Waals surface area (Å²) in [6.45, 7) is 5.98. The van der Waals surface area contributed by atoms with E-state index in [1.807, 2.05) is 32.9 Å². The highest BCUT2D eigenvalue weighted by Crippen LogP contribution is 2.25. The number of halogens is 1. The van der Waals surface area contributed by atoms with E-state index in [-0.39, 0.29) is 17.4 Å². The zero-order valence-electron chi connectivity index (χ0n) is 12.2. The molecule has 0 heterocycles. The zero-order valence-corrected chi connectivity index (χ0v) is 12.2. The van der Waals surface area contributed by atoms with Crippen molar-refractivity contribution in [2.24, 2.45) is 0 Å². The van der Waals surface area contributed by atoms with Crippen molar-refractivity contribution in [3.63, 3.8) is 0 Å². The van der Waals surface area contributed by atoms with Gasteiger partial charge in [-0.1, -0.05) is 18.2 Å². The van der Waals surface area contributed by atoms with Crippen LogP contribution in [0.4, 0.5) is 15.8 Å². The van der Waals surface area contributed by atoms with Crippen LogP contribution in [-0.2, 0) is 0 Å². The van der Waals surface area contributed by atoms with Gasteiger partial charge in [0.1, 0.15) is 0 Å². The Labute approximate surface area is 122 Å². The van der Waals surface area contributed by atoms with Gasteiger partial charge in [0.05, 0.1) is 16.7 Å². The summed E-state index contributed by atoms with van der Waals surface area (Å²) >= 11 is 0. The summed E-state index contributed by atoms with van der Waals surface area (Å²) in [5.74, 6) is -0.625. The molecule has 1 atom stereocenters. The number of nitro groups is 1. The van der Waals surface area contributed by atoms with Gasteiger partial charge in [-0.25, -0.2) is 4.39 Å². The number of hydrogen-bond donors (Lipinski definition) is 1. The van der Waals surface area contributed by atoms with Crippen molar-refractivity contribution in [2.75, 3.05) is 5.32 Å². The van der Waals surface area contributed by atoms with E-state index in [0.29, 0.717) is 0 Å². The molecule has 110 valence electrons. The van der Waals surface area contributed by atoms with Gasteiger partial charge < -0.3 is 5.32 Å². The molecular weight excluding hydrogens is 271 g/mol. The summed E-state index contributed by atoms with van der Waals surface area (Å²) in [4.78, 5) is 9.98. The Bertz CT molecular complexity index is 686. The first-order valence-electron chi connectivity index (χ1n) is 6.66. The number of hydrogen-bond acceptors (Lipinski definition) is 3. The lowest BCUT2D eigenvalue weighted by Gasteiger charge is -2.17. The molecule has 4 nitrogen and oxygen atoms in total. The molecule has 0 aliphatic rings. The Hall–Kier alpha value is -2.43. The average Bonchev–Trinajstić information content (AvgIpc) is 2.43. The normalized spacial score (nSPS) is 12.0. The third-order valence-corrected chi connectivity index (χ3v) is 3.57. The van der Waals surface area contributed by atoms with Crippen LogP contribution in [0, 0.1) is 29.8 Å². The van der Waals surface area contributed by atoms with Gasteiger partial charge in [0.15, 0.2) is 5.82 Å². The fraction of sp³-hybridized carbons (Fsp3) is 0.250. The first-order chi connectivity index (χ1) is 9.88. The molecule has 0 aromatic heterocycles. The lowest BCUT2D eigenvalue weighted by Crippen LogP contribution is -2.08.